The number of hydrogen-bond donors (Lipinski definition) is 7. The number of aromatic nitrogens is 1. The van der Waals surface area contributed by atoms with Crippen LogP contribution in [-0.4, -0.2) is 68.1 Å². The number of pyridine rings is 1. The second-order valence-electron chi connectivity index (χ2n) is 12.1. The van der Waals surface area contributed by atoms with Crippen LogP contribution in [0.3, 0.4) is 0 Å². The van der Waals surface area contributed by atoms with Gasteiger partial charge in [0.2, 0.25) is 0 Å². The fourth-order valence-corrected chi connectivity index (χ4v) is 5.60. The molecule has 10 N–H and O–H groups in total. The van der Waals surface area contributed by atoms with E-state index in [0.717, 1.165) is 58.5 Å². The van der Waals surface area contributed by atoms with E-state index in [9.17, 15) is 24.2 Å². The van der Waals surface area contributed by atoms with Gasteiger partial charge in [0.1, 0.15) is 11.9 Å². The van der Waals surface area contributed by atoms with Crippen LogP contribution in [0.1, 0.15) is 75.7 Å². The van der Waals surface area contributed by atoms with E-state index < -0.39 is 36.6 Å². The largest absolute Gasteiger partial charge is 0.481 e. The maximum Gasteiger partial charge on any atom is 0.320 e. The van der Waals surface area contributed by atoms with E-state index in [-0.39, 0.29) is 25.5 Å². The van der Waals surface area contributed by atoms with Gasteiger partial charge in [-0.05, 0) is 72.4 Å². The lowest BCUT2D eigenvalue weighted by atomic mass is 9.86. The summed E-state index contributed by atoms with van der Waals surface area (Å²) in [5.41, 5.74) is 23.3. The second-order valence-corrected chi connectivity index (χ2v) is 12.1. The van der Waals surface area contributed by atoms with Gasteiger partial charge in [-0.15, -0.1) is 0 Å². The second kappa shape index (κ2) is 18.0. The highest BCUT2D eigenvalue weighted by Gasteiger charge is 2.25. The van der Waals surface area contributed by atoms with E-state index in [1.165, 1.54) is 17.7 Å². The van der Waals surface area contributed by atoms with Crippen molar-refractivity contribution in [1.29, 1.82) is 0 Å². The maximum absolute atomic E-state index is 13.9. The third-order valence-electron chi connectivity index (χ3n) is 7.88. The summed E-state index contributed by atoms with van der Waals surface area (Å²) < 4.78 is 13.9. The summed E-state index contributed by atoms with van der Waals surface area (Å²) in [6.07, 6.45) is 4.37. The van der Waals surface area contributed by atoms with Crippen LogP contribution in [0.2, 0.25) is 0 Å². The first-order valence-corrected chi connectivity index (χ1v) is 16.0. The summed E-state index contributed by atoms with van der Waals surface area (Å²) in [7, 11) is 0. The zero-order valence-corrected chi connectivity index (χ0v) is 27.3. The molecule has 0 amide bonds. The number of fused-ring (bicyclic) bond motifs is 3. The van der Waals surface area contributed by atoms with E-state index in [4.69, 9.17) is 32.4 Å². The zero-order valence-electron chi connectivity index (χ0n) is 27.3. The zero-order chi connectivity index (χ0) is 35.4. The van der Waals surface area contributed by atoms with E-state index in [1.807, 2.05) is 18.2 Å². The van der Waals surface area contributed by atoms with Crippen molar-refractivity contribution in [2.45, 2.75) is 83.0 Å². The SMILES string of the molecule is CC(C)c1nc2c(c(-c3ccc(F)cc3)c1/C=C/C(O)CC(O)CC(=O)O)CCCc1ccccc1-2.NC(N)=NCCCC(N)C(=O)O.[HH]. The van der Waals surface area contributed by atoms with Crippen molar-refractivity contribution in [3.05, 3.63) is 82.8 Å². The number of guanidine groups is 1. The minimum absolute atomic E-state index is 0. The summed E-state index contributed by atoms with van der Waals surface area (Å²) in [5, 5.41) is 37.7. The number of nitrogens with two attached hydrogens (primary N) is 3. The Morgan fingerprint density at radius 1 is 1.06 bits per heavy atom. The number of aliphatic imine (C=N–C) groups is 1. The van der Waals surface area contributed by atoms with Crippen LogP contribution in [0.15, 0.2) is 59.6 Å². The average molecular weight is 666 g/mol. The number of aliphatic carboxylic acids is 2. The van der Waals surface area contributed by atoms with Gasteiger partial charge in [-0.3, -0.25) is 19.6 Å². The average Bonchev–Trinajstić information content (AvgIpc) is 3.20. The first kappa shape index (κ1) is 37.8. The van der Waals surface area contributed by atoms with Crippen molar-refractivity contribution < 1.29 is 35.8 Å². The molecule has 0 spiro atoms. The Morgan fingerprint density at radius 2 is 1.75 bits per heavy atom. The highest BCUT2D eigenvalue weighted by atomic mass is 19.1. The molecule has 1 aliphatic carbocycles. The topological polar surface area (TPSA) is 218 Å². The normalized spacial score (nSPS) is 14.1. The molecular formula is C36H48FN5O6. The minimum atomic E-state index is -1.15. The van der Waals surface area contributed by atoms with Crippen LogP contribution in [0.5, 0.6) is 0 Å². The number of halogens is 1. The summed E-state index contributed by atoms with van der Waals surface area (Å²) >= 11 is 0. The summed E-state index contributed by atoms with van der Waals surface area (Å²) in [6.45, 7) is 4.55. The van der Waals surface area contributed by atoms with E-state index in [2.05, 4.69) is 31.0 Å². The van der Waals surface area contributed by atoms with E-state index in [0.29, 0.717) is 19.4 Å². The van der Waals surface area contributed by atoms with Crippen LogP contribution in [0.4, 0.5) is 4.39 Å². The van der Waals surface area contributed by atoms with Gasteiger partial charge >= 0.3 is 11.9 Å². The van der Waals surface area contributed by atoms with Gasteiger partial charge in [-0.1, -0.05) is 62.4 Å². The lowest BCUT2D eigenvalue weighted by Crippen LogP contribution is -2.30. The third-order valence-corrected chi connectivity index (χ3v) is 7.88. The molecule has 3 aromatic rings. The molecular weight excluding hydrogens is 617 g/mol. The molecule has 0 aliphatic heterocycles. The molecule has 3 unspecified atom stereocenters. The molecule has 1 aromatic heterocycles. The number of carbonyl (C=O) groups is 2. The Hall–Kier alpha value is -4.65. The van der Waals surface area contributed by atoms with Gasteiger partial charge in [0, 0.05) is 25.5 Å². The van der Waals surface area contributed by atoms with Gasteiger partial charge < -0.3 is 37.6 Å². The molecule has 260 valence electrons. The fourth-order valence-electron chi connectivity index (χ4n) is 5.60. The van der Waals surface area contributed by atoms with Crippen LogP contribution < -0.4 is 17.2 Å². The number of benzene rings is 2. The Labute approximate surface area is 281 Å². The number of aliphatic hydroxyl groups is 2. The lowest BCUT2D eigenvalue weighted by molar-refractivity contribution is -0.140. The van der Waals surface area contributed by atoms with Crippen LogP contribution in [-0.2, 0) is 22.4 Å². The number of carboxylic acids is 2. The molecule has 48 heavy (non-hydrogen) atoms. The lowest BCUT2D eigenvalue weighted by Gasteiger charge is -2.22. The summed E-state index contributed by atoms with van der Waals surface area (Å²) in [4.78, 5) is 29.9. The number of carboxylic acid groups (broad SMARTS) is 2. The molecule has 11 nitrogen and oxygen atoms in total. The highest BCUT2D eigenvalue weighted by molar-refractivity contribution is 5.86. The first-order valence-electron chi connectivity index (χ1n) is 16.0. The van der Waals surface area contributed by atoms with Crippen molar-refractivity contribution in [2.75, 3.05) is 6.54 Å². The molecule has 0 radical (unpaired) electrons. The molecule has 0 bridgehead atoms. The van der Waals surface area contributed by atoms with E-state index in [1.54, 1.807) is 18.2 Å². The standard InChI is InChI=1S/C30H32FNO4.C6H14N4O2.H2/c1-18(2)29-26(15-14-22(33)16-23(34)17-27(35)36)28(20-10-12-21(31)13-11-20)25-9-5-7-19-6-3-4-8-24(19)30(25)32-29;7-4(5(11)12)2-1-3-10-6(8)9;/h3-4,6,8,10-15,18,22-23,33-34H,5,7,9,16-17H2,1-2H3,(H,35,36);4H,1-3,7H2,(H,11,12)(H4,8,9,10);1H/b15-14+;;. The smallest absolute Gasteiger partial charge is 0.320 e. The summed E-state index contributed by atoms with van der Waals surface area (Å²) in [6, 6.07) is 13.9. The molecule has 3 atom stereocenters. The molecule has 1 aliphatic rings. The minimum Gasteiger partial charge on any atom is -0.481 e. The molecule has 0 saturated heterocycles. The van der Waals surface area contributed by atoms with Gasteiger partial charge in [-0.2, -0.15) is 0 Å². The molecule has 1 heterocycles. The number of hydrogen-bond acceptors (Lipinski definition) is 7. The summed E-state index contributed by atoms with van der Waals surface area (Å²) in [5.74, 6) is -2.35. The fraction of sp³-hybridized carbons (Fsp3) is 0.389. The monoisotopic (exact) mass is 665 g/mol. The molecule has 2 aromatic carbocycles. The molecule has 12 heteroatoms. The Bertz CT molecular complexity index is 1610. The third kappa shape index (κ3) is 11.0. The Morgan fingerprint density at radius 3 is 2.38 bits per heavy atom. The van der Waals surface area contributed by atoms with Gasteiger partial charge in [0.25, 0.3) is 0 Å². The number of nitrogens with zero attached hydrogens (tertiary/aromatic N) is 2. The van der Waals surface area contributed by atoms with Crippen molar-refractivity contribution in [3.8, 4) is 22.4 Å². The number of rotatable bonds is 13. The molecule has 0 saturated carbocycles. The quantitative estimate of drug-likeness (QED) is 0.0772. The van der Waals surface area contributed by atoms with Gasteiger partial charge in [0.15, 0.2) is 5.96 Å². The van der Waals surface area contributed by atoms with Crippen molar-refractivity contribution >= 4 is 24.0 Å². The Balaban J connectivity index is 0.000000550. The maximum atomic E-state index is 13.9. The van der Waals surface area contributed by atoms with Crippen LogP contribution >= 0.6 is 0 Å². The van der Waals surface area contributed by atoms with Gasteiger partial charge in [-0.25, -0.2) is 4.39 Å². The number of aryl methyl sites for hydroxylation is 1. The van der Waals surface area contributed by atoms with Crippen molar-refractivity contribution in [2.24, 2.45) is 22.2 Å². The molecule has 0 fully saturated rings. The van der Waals surface area contributed by atoms with E-state index >= 15 is 0 Å². The predicted molar refractivity (Wildman–Crippen MR) is 187 cm³/mol. The van der Waals surface area contributed by atoms with Gasteiger partial charge in [0.05, 0.1) is 30.0 Å². The predicted octanol–water partition coefficient (Wildman–Crippen LogP) is 4.46. The molecule has 4 rings (SSSR count). The Kier molecular flexibility index (Phi) is 14.2. The van der Waals surface area contributed by atoms with Crippen LogP contribution in [0, 0.1) is 5.82 Å². The van der Waals surface area contributed by atoms with Crippen LogP contribution in [0.25, 0.3) is 28.5 Å². The first-order chi connectivity index (χ1) is 22.8. The van der Waals surface area contributed by atoms with Crippen molar-refractivity contribution in [1.82, 2.24) is 4.98 Å². The van der Waals surface area contributed by atoms with Crippen molar-refractivity contribution in [3.63, 3.8) is 0 Å². The highest BCUT2D eigenvalue weighted by Crippen LogP contribution is 2.42. The number of aliphatic hydroxyl groups excluding tert-OH is 2.